The van der Waals surface area contributed by atoms with Crippen LogP contribution in [-0.4, -0.2) is 13.9 Å². The maximum Gasteiger partial charge on any atom is 0.194 e. The average molecular weight is 226 g/mol. The van der Waals surface area contributed by atoms with Crippen LogP contribution in [0.2, 0.25) is 0 Å². The summed E-state index contributed by atoms with van der Waals surface area (Å²) in [5, 5.41) is 2.07. The summed E-state index contributed by atoms with van der Waals surface area (Å²) in [7, 11) is -1.46. The predicted octanol–water partition coefficient (Wildman–Crippen LogP) is 0.331. The Bertz CT molecular complexity index is 557. The standard InChI is InChI=1S/C13H12BOP/c1-16(15)12-8-4-2-6-10(12)14-11-7-3-5-9-13(11)16/h2-9,14H,1H3. The van der Waals surface area contributed by atoms with Crippen molar-refractivity contribution in [3.8, 4) is 0 Å². The van der Waals surface area contributed by atoms with E-state index in [1.165, 1.54) is 10.9 Å². The van der Waals surface area contributed by atoms with Crippen molar-refractivity contribution >= 4 is 36.0 Å². The molecule has 0 aromatic heterocycles. The van der Waals surface area contributed by atoms with Gasteiger partial charge in [-0.3, -0.25) is 0 Å². The van der Waals surface area contributed by atoms with Gasteiger partial charge in [0.05, 0.1) is 0 Å². The summed E-state index contributed by atoms with van der Waals surface area (Å²) in [5.41, 5.74) is 2.43. The highest BCUT2D eigenvalue weighted by Gasteiger charge is 2.30. The SMILES string of the molecule is CP1(=O)c2ccccc2Bc2ccccc21. The van der Waals surface area contributed by atoms with Gasteiger partial charge in [-0.05, 0) is 6.66 Å². The molecule has 1 aliphatic heterocycles. The normalized spacial score (nSPS) is 15.8. The first-order valence-electron chi connectivity index (χ1n) is 5.44. The van der Waals surface area contributed by atoms with E-state index in [0.29, 0.717) is 0 Å². The number of hydrogen-bond donors (Lipinski definition) is 0. The van der Waals surface area contributed by atoms with Crippen LogP contribution in [0.5, 0.6) is 0 Å². The zero-order valence-electron chi connectivity index (χ0n) is 9.18. The molecule has 3 rings (SSSR count). The number of benzene rings is 2. The van der Waals surface area contributed by atoms with Crippen LogP contribution in [0.4, 0.5) is 0 Å². The fourth-order valence-electron chi connectivity index (χ4n) is 2.49. The first-order chi connectivity index (χ1) is 7.69. The van der Waals surface area contributed by atoms with E-state index in [-0.39, 0.29) is 0 Å². The van der Waals surface area contributed by atoms with Gasteiger partial charge in [-0.15, -0.1) is 0 Å². The summed E-state index contributed by atoms with van der Waals surface area (Å²) in [6, 6.07) is 16.2. The van der Waals surface area contributed by atoms with Crippen LogP contribution in [0, 0.1) is 0 Å². The van der Waals surface area contributed by atoms with Gasteiger partial charge in [-0.1, -0.05) is 59.5 Å². The third kappa shape index (κ3) is 1.30. The summed E-state index contributed by atoms with van der Waals surface area (Å²) in [6.45, 7) is 1.88. The highest BCUT2D eigenvalue weighted by molar-refractivity contribution is 7.79. The maximum atomic E-state index is 12.9. The summed E-state index contributed by atoms with van der Waals surface area (Å²) < 4.78 is 12.9. The second-order valence-electron chi connectivity index (χ2n) is 4.36. The zero-order chi connectivity index (χ0) is 11.2. The Balaban J connectivity index is 2.33. The molecule has 3 heteroatoms. The van der Waals surface area contributed by atoms with Gasteiger partial charge in [0.25, 0.3) is 0 Å². The van der Waals surface area contributed by atoms with Gasteiger partial charge >= 0.3 is 0 Å². The van der Waals surface area contributed by atoms with Crippen molar-refractivity contribution in [1.82, 2.24) is 0 Å². The maximum absolute atomic E-state index is 12.9. The van der Waals surface area contributed by atoms with Crippen molar-refractivity contribution < 1.29 is 4.57 Å². The molecule has 1 aliphatic rings. The molecule has 0 radical (unpaired) electrons. The molecule has 0 amide bonds. The van der Waals surface area contributed by atoms with Crippen LogP contribution in [0.25, 0.3) is 0 Å². The smallest absolute Gasteiger partial charge is 0.194 e. The average Bonchev–Trinajstić information content (AvgIpc) is 2.29. The van der Waals surface area contributed by atoms with Gasteiger partial charge in [0.15, 0.2) is 7.28 Å². The Labute approximate surface area is 96.1 Å². The van der Waals surface area contributed by atoms with E-state index >= 15 is 0 Å². The molecule has 0 N–H and O–H groups in total. The molecule has 1 nitrogen and oxygen atoms in total. The molecular formula is C13H12BOP. The molecule has 0 saturated carbocycles. The number of hydrogen-bond acceptors (Lipinski definition) is 1. The third-order valence-corrected chi connectivity index (χ3v) is 5.99. The van der Waals surface area contributed by atoms with E-state index in [0.717, 1.165) is 17.9 Å². The molecule has 0 saturated heterocycles. The molecule has 78 valence electrons. The Morgan fingerprint density at radius 2 is 1.31 bits per heavy atom. The molecule has 0 bridgehead atoms. The molecule has 0 unspecified atom stereocenters. The first-order valence-corrected chi connectivity index (χ1v) is 7.59. The second-order valence-corrected chi connectivity index (χ2v) is 7.17. The summed E-state index contributed by atoms with van der Waals surface area (Å²) in [6.07, 6.45) is 0. The number of fused-ring (bicyclic) bond motifs is 2. The Kier molecular flexibility index (Phi) is 2.09. The van der Waals surface area contributed by atoms with E-state index in [2.05, 4.69) is 12.1 Å². The Hall–Kier alpha value is -1.27. The minimum absolute atomic E-state index is 0.907. The van der Waals surface area contributed by atoms with Crippen LogP contribution < -0.4 is 21.5 Å². The van der Waals surface area contributed by atoms with Crippen molar-refractivity contribution in [3.05, 3.63) is 48.5 Å². The van der Waals surface area contributed by atoms with E-state index in [4.69, 9.17) is 0 Å². The fourth-order valence-corrected chi connectivity index (χ4v) is 4.89. The van der Waals surface area contributed by atoms with E-state index in [9.17, 15) is 4.57 Å². The van der Waals surface area contributed by atoms with Crippen molar-refractivity contribution in [2.75, 3.05) is 6.66 Å². The highest BCUT2D eigenvalue weighted by atomic mass is 31.2. The van der Waals surface area contributed by atoms with Gasteiger partial charge in [-0.25, -0.2) is 0 Å². The molecule has 2 aromatic rings. The molecule has 2 aromatic carbocycles. The minimum atomic E-state index is -2.37. The molecule has 0 aliphatic carbocycles. The molecule has 0 spiro atoms. The monoisotopic (exact) mass is 226 g/mol. The van der Waals surface area contributed by atoms with Crippen LogP contribution in [0.1, 0.15) is 0 Å². The summed E-state index contributed by atoms with van der Waals surface area (Å²) >= 11 is 0. The van der Waals surface area contributed by atoms with E-state index in [1.807, 2.05) is 43.1 Å². The quantitative estimate of drug-likeness (QED) is 0.467. The molecule has 1 heterocycles. The van der Waals surface area contributed by atoms with Crippen molar-refractivity contribution in [2.24, 2.45) is 0 Å². The lowest BCUT2D eigenvalue weighted by molar-refractivity contribution is 0.590. The molecule has 0 atom stereocenters. The van der Waals surface area contributed by atoms with Crippen molar-refractivity contribution in [3.63, 3.8) is 0 Å². The summed E-state index contributed by atoms with van der Waals surface area (Å²) in [4.78, 5) is 0. The lowest BCUT2D eigenvalue weighted by atomic mass is 9.63. The zero-order valence-corrected chi connectivity index (χ0v) is 10.1. The van der Waals surface area contributed by atoms with Gasteiger partial charge in [-0.2, -0.15) is 0 Å². The molecular weight excluding hydrogens is 214 g/mol. The molecule has 0 fully saturated rings. The van der Waals surface area contributed by atoms with Crippen LogP contribution >= 0.6 is 7.14 Å². The predicted molar refractivity (Wildman–Crippen MR) is 72.1 cm³/mol. The van der Waals surface area contributed by atoms with E-state index in [1.54, 1.807) is 0 Å². The second kappa shape index (κ2) is 3.36. The lowest BCUT2D eigenvalue weighted by Gasteiger charge is -2.25. The Morgan fingerprint density at radius 3 is 1.81 bits per heavy atom. The van der Waals surface area contributed by atoms with Crippen molar-refractivity contribution in [1.29, 1.82) is 0 Å². The van der Waals surface area contributed by atoms with E-state index < -0.39 is 7.14 Å². The third-order valence-electron chi connectivity index (χ3n) is 3.28. The summed E-state index contributed by atoms with van der Waals surface area (Å²) in [5.74, 6) is 0. The van der Waals surface area contributed by atoms with Crippen LogP contribution in [0.3, 0.4) is 0 Å². The molecule has 16 heavy (non-hydrogen) atoms. The van der Waals surface area contributed by atoms with Crippen LogP contribution in [0.15, 0.2) is 48.5 Å². The topological polar surface area (TPSA) is 17.1 Å². The van der Waals surface area contributed by atoms with Crippen LogP contribution in [-0.2, 0) is 4.57 Å². The largest absolute Gasteiger partial charge is 0.314 e. The van der Waals surface area contributed by atoms with Gasteiger partial charge in [0.1, 0.15) is 7.14 Å². The highest BCUT2D eigenvalue weighted by Crippen LogP contribution is 2.38. The minimum Gasteiger partial charge on any atom is -0.314 e. The van der Waals surface area contributed by atoms with Gasteiger partial charge in [0, 0.05) is 10.6 Å². The van der Waals surface area contributed by atoms with Crippen molar-refractivity contribution in [2.45, 2.75) is 0 Å². The first kappa shape index (κ1) is 9.93. The van der Waals surface area contributed by atoms with Gasteiger partial charge in [0.2, 0.25) is 0 Å². The van der Waals surface area contributed by atoms with Gasteiger partial charge < -0.3 is 4.57 Å². The lowest BCUT2D eigenvalue weighted by Crippen LogP contribution is -2.50. The Morgan fingerprint density at radius 1 is 0.875 bits per heavy atom. The fraction of sp³-hybridized carbons (Fsp3) is 0.0769. The number of rotatable bonds is 0.